The number of likely N-dealkylation sites (tertiary alicyclic amines) is 1. The monoisotopic (exact) mass is 409 g/mol. The summed E-state index contributed by atoms with van der Waals surface area (Å²) in [7, 11) is 1.78. The Labute approximate surface area is 178 Å². The number of amides is 1. The Morgan fingerprint density at radius 3 is 2.57 bits per heavy atom. The van der Waals surface area contributed by atoms with Gasteiger partial charge >= 0.3 is 0 Å². The van der Waals surface area contributed by atoms with E-state index in [2.05, 4.69) is 50.9 Å². The zero-order valence-corrected chi connectivity index (χ0v) is 17.5. The number of benzene rings is 2. The van der Waals surface area contributed by atoms with Crippen LogP contribution in [0.4, 0.5) is 0 Å². The van der Waals surface area contributed by atoms with Crippen LogP contribution >= 0.6 is 0 Å². The molecule has 2 aromatic carbocycles. The third-order valence-electron chi connectivity index (χ3n) is 5.14. The van der Waals surface area contributed by atoms with Gasteiger partial charge in [-0.3, -0.25) is 14.7 Å². The Kier molecular flexibility index (Phi) is 8.09. The minimum Gasteiger partial charge on any atom is -0.484 e. The number of ether oxygens (including phenoxy) is 1. The Morgan fingerprint density at radius 1 is 1.13 bits per heavy atom. The van der Waals surface area contributed by atoms with Crippen molar-refractivity contribution >= 4 is 11.9 Å². The normalized spacial score (nSPS) is 15.6. The minimum absolute atomic E-state index is 0.122. The van der Waals surface area contributed by atoms with Crippen molar-refractivity contribution in [1.82, 2.24) is 15.5 Å². The summed E-state index contributed by atoms with van der Waals surface area (Å²) in [5.41, 5.74) is 7.53. The number of nitrogens with one attached hydrogen (secondary N) is 2. The summed E-state index contributed by atoms with van der Waals surface area (Å²) < 4.78 is 5.36. The van der Waals surface area contributed by atoms with Gasteiger partial charge in [-0.05, 0) is 36.1 Å². The van der Waals surface area contributed by atoms with Crippen molar-refractivity contribution in [3.63, 3.8) is 0 Å². The Bertz CT molecular complexity index is 832. The van der Waals surface area contributed by atoms with Gasteiger partial charge in [0.1, 0.15) is 5.75 Å². The molecule has 7 heteroatoms. The van der Waals surface area contributed by atoms with E-state index in [4.69, 9.17) is 10.5 Å². The average Bonchev–Trinajstić information content (AvgIpc) is 2.77. The fourth-order valence-corrected chi connectivity index (χ4v) is 3.55. The minimum atomic E-state index is -0.488. The third kappa shape index (κ3) is 7.08. The molecule has 3 rings (SSSR count). The molecule has 1 fully saturated rings. The second-order valence-electron chi connectivity index (χ2n) is 7.51. The fourth-order valence-electron chi connectivity index (χ4n) is 3.55. The highest BCUT2D eigenvalue weighted by Crippen LogP contribution is 2.15. The molecule has 4 N–H and O–H groups in total. The highest BCUT2D eigenvalue weighted by Gasteiger charge is 2.20. The number of piperidine rings is 1. The van der Waals surface area contributed by atoms with Gasteiger partial charge in [-0.25, -0.2) is 0 Å². The van der Waals surface area contributed by atoms with Crippen LogP contribution in [-0.4, -0.2) is 49.6 Å². The number of rotatable bonds is 8. The summed E-state index contributed by atoms with van der Waals surface area (Å²) in [6, 6.07) is 18.6. The maximum atomic E-state index is 10.9. The Hall–Kier alpha value is -3.06. The number of nitrogens with two attached hydrogens (primary N) is 1. The van der Waals surface area contributed by atoms with Crippen LogP contribution in [0.15, 0.2) is 59.6 Å². The number of primary amides is 1. The number of hydrogen-bond acceptors (Lipinski definition) is 4. The molecule has 160 valence electrons. The first-order valence-corrected chi connectivity index (χ1v) is 10.4. The first-order chi connectivity index (χ1) is 14.6. The largest absolute Gasteiger partial charge is 0.484 e. The van der Waals surface area contributed by atoms with E-state index in [1.807, 2.05) is 24.3 Å². The smallest absolute Gasteiger partial charge is 0.255 e. The number of carbonyl (C=O) groups excluding carboxylic acids is 1. The molecule has 1 amide bonds. The molecule has 2 aromatic rings. The lowest BCUT2D eigenvalue weighted by Gasteiger charge is -2.33. The topological polar surface area (TPSA) is 92.0 Å². The molecule has 0 atom stereocenters. The molecule has 0 saturated carbocycles. The number of carbonyl (C=O) groups is 1. The summed E-state index contributed by atoms with van der Waals surface area (Å²) in [5, 5.41) is 6.89. The zero-order chi connectivity index (χ0) is 21.2. The molecule has 0 bridgehead atoms. The van der Waals surface area contributed by atoms with E-state index in [0.717, 1.165) is 44.0 Å². The van der Waals surface area contributed by atoms with E-state index in [1.165, 1.54) is 5.56 Å². The van der Waals surface area contributed by atoms with Crippen molar-refractivity contribution in [2.45, 2.75) is 32.0 Å². The predicted octanol–water partition coefficient (Wildman–Crippen LogP) is 1.88. The van der Waals surface area contributed by atoms with Crippen molar-refractivity contribution < 1.29 is 9.53 Å². The van der Waals surface area contributed by atoms with Gasteiger partial charge < -0.3 is 21.1 Å². The van der Waals surface area contributed by atoms with Crippen LogP contribution in [0.3, 0.4) is 0 Å². The van der Waals surface area contributed by atoms with Crippen molar-refractivity contribution in [2.75, 3.05) is 26.7 Å². The lowest BCUT2D eigenvalue weighted by atomic mass is 10.0. The highest BCUT2D eigenvalue weighted by atomic mass is 16.5. The van der Waals surface area contributed by atoms with Crippen LogP contribution in [0.1, 0.15) is 24.0 Å². The van der Waals surface area contributed by atoms with Crippen LogP contribution in [-0.2, 0) is 17.9 Å². The number of guanidine groups is 1. The summed E-state index contributed by atoms with van der Waals surface area (Å²) in [5.74, 6) is 0.930. The molecule has 30 heavy (non-hydrogen) atoms. The van der Waals surface area contributed by atoms with E-state index in [9.17, 15) is 4.79 Å². The van der Waals surface area contributed by atoms with Gasteiger partial charge in [0.05, 0.1) is 0 Å². The summed E-state index contributed by atoms with van der Waals surface area (Å²) in [4.78, 5) is 17.7. The van der Waals surface area contributed by atoms with Gasteiger partial charge in [-0.15, -0.1) is 0 Å². The van der Waals surface area contributed by atoms with Crippen LogP contribution in [0.2, 0.25) is 0 Å². The van der Waals surface area contributed by atoms with Gasteiger partial charge in [0.2, 0.25) is 0 Å². The van der Waals surface area contributed by atoms with Crippen molar-refractivity contribution in [2.24, 2.45) is 10.7 Å². The molecular weight excluding hydrogens is 378 g/mol. The SMILES string of the molecule is CN=C(NCc1cccc(OCC(N)=O)c1)NC1CCN(Cc2ccccc2)CC1. The summed E-state index contributed by atoms with van der Waals surface area (Å²) in [6.45, 7) is 3.64. The van der Waals surface area contributed by atoms with Gasteiger partial charge in [0.25, 0.3) is 5.91 Å². The second-order valence-corrected chi connectivity index (χ2v) is 7.51. The average molecular weight is 410 g/mol. The lowest BCUT2D eigenvalue weighted by molar-refractivity contribution is -0.119. The van der Waals surface area contributed by atoms with Crippen LogP contribution < -0.4 is 21.1 Å². The van der Waals surface area contributed by atoms with Crippen LogP contribution in [0, 0.1) is 0 Å². The van der Waals surface area contributed by atoms with E-state index < -0.39 is 5.91 Å². The highest BCUT2D eigenvalue weighted by molar-refractivity contribution is 5.80. The Morgan fingerprint density at radius 2 is 1.87 bits per heavy atom. The van der Waals surface area contributed by atoms with Gasteiger partial charge in [-0.2, -0.15) is 0 Å². The molecule has 1 aliphatic heterocycles. The maximum Gasteiger partial charge on any atom is 0.255 e. The van der Waals surface area contributed by atoms with Crippen LogP contribution in [0.5, 0.6) is 5.75 Å². The van der Waals surface area contributed by atoms with Gasteiger partial charge in [0, 0.05) is 39.3 Å². The van der Waals surface area contributed by atoms with Crippen molar-refractivity contribution in [3.05, 3.63) is 65.7 Å². The molecule has 1 heterocycles. The standard InChI is InChI=1S/C23H31N5O2/c1-25-23(26-15-19-8-5-9-21(14-19)30-17-22(24)29)27-20-10-12-28(13-11-20)16-18-6-3-2-4-7-18/h2-9,14,20H,10-13,15-17H2,1H3,(H2,24,29)(H2,25,26,27). The molecule has 1 aliphatic rings. The van der Waals surface area contributed by atoms with E-state index in [1.54, 1.807) is 7.05 Å². The lowest BCUT2D eigenvalue weighted by Crippen LogP contribution is -2.48. The van der Waals surface area contributed by atoms with Gasteiger partial charge in [-0.1, -0.05) is 42.5 Å². The number of nitrogens with zero attached hydrogens (tertiary/aromatic N) is 2. The first kappa shape index (κ1) is 21.6. The van der Waals surface area contributed by atoms with Crippen molar-refractivity contribution in [1.29, 1.82) is 0 Å². The van der Waals surface area contributed by atoms with E-state index in [0.29, 0.717) is 18.3 Å². The maximum absolute atomic E-state index is 10.9. The van der Waals surface area contributed by atoms with Gasteiger partial charge in [0.15, 0.2) is 12.6 Å². The third-order valence-corrected chi connectivity index (χ3v) is 5.14. The zero-order valence-electron chi connectivity index (χ0n) is 17.5. The number of aliphatic imine (C=N–C) groups is 1. The Balaban J connectivity index is 1.42. The molecule has 1 saturated heterocycles. The molecule has 7 nitrogen and oxygen atoms in total. The quantitative estimate of drug-likeness (QED) is 0.457. The summed E-state index contributed by atoms with van der Waals surface area (Å²) in [6.07, 6.45) is 2.17. The molecule has 0 aromatic heterocycles. The molecule has 0 spiro atoms. The van der Waals surface area contributed by atoms with E-state index >= 15 is 0 Å². The van der Waals surface area contributed by atoms with Crippen molar-refractivity contribution in [3.8, 4) is 5.75 Å². The molecule has 0 unspecified atom stereocenters. The van der Waals surface area contributed by atoms with E-state index in [-0.39, 0.29) is 6.61 Å². The number of hydrogen-bond donors (Lipinski definition) is 3. The molecule has 0 aliphatic carbocycles. The molecule has 0 radical (unpaired) electrons. The van der Waals surface area contributed by atoms with Crippen LogP contribution in [0.25, 0.3) is 0 Å². The first-order valence-electron chi connectivity index (χ1n) is 10.4. The summed E-state index contributed by atoms with van der Waals surface area (Å²) >= 11 is 0. The predicted molar refractivity (Wildman–Crippen MR) is 119 cm³/mol. The fraction of sp³-hybridized carbons (Fsp3) is 0.391. The second kappa shape index (κ2) is 11.2. The molecular formula is C23H31N5O2.